The van der Waals surface area contributed by atoms with E-state index >= 15 is 0 Å². The number of carbonyl (C=O) groups is 1. The number of pyridine rings is 1. The summed E-state index contributed by atoms with van der Waals surface area (Å²) in [7, 11) is 0. The predicted octanol–water partition coefficient (Wildman–Crippen LogP) is 2.45. The van der Waals surface area contributed by atoms with E-state index in [1.165, 1.54) is 11.8 Å². The van der Waals surface area contributed by atoms with E-state index in [1.807, 2.05) is 19.9 Å². The first-order valence-corrected chi connectivity index (χ1v) is 5.90. The molecule has 0 amide bonds. The lowest BCUT2D eigenvalue weighted by Gasteiger charge is -2.03. The molecule has 2 rings (SSSR count). The minimum absolute atomic E-state index is 0.581. The summed E-state index contributed by atoms with van der Waals surface area (Å²) >= 11 is 1.40. The van der Waals surface area contributed by atoms with Crippen LogP contribution in [0, 0.1) is 13.8 Å². The van der Waals surface area contributed by atoms with Gasteiger partial charge in [0.05, 0.1) is 0 Å². The fourth-order valence-electron chi connectivity index (χ4n) is 1.32. The van der Waals surface area contributed by atoms with Gasteiger partial charge in [-0.25, -0.2) is 15.0 Å². The molecule has 0 unspecified atom stereocenters. The molecule has 86 valence electrons. The van der Waals surface area contributed by atoms with Crippen LogP contribution in [0.5, 0.6) is 0 Å². The highest BCUT2D eigenvalue weighted by molar-refractivity contribution is 7.99. The lowest BCUT2D eigenvalue weighted by atomic mass is 10.2. The standard InChI is InChI=1S/C12H11N3OS/c1-8-5-10(7-16)6-14-11(8)17-12-13-4-3-9(2)15-12/h3-7H,1-2H3. The molecule has 0 atom stereocenters. The fraction of sp³-hybridized carbons (Fsp3) is 0.167. The van der Waals surface area contributed by atoms with Crippen molar-refractivity contribution in [2.24, 2.45) is 0 Å². The molecule has 0 saturated carbocycles. The van der Waals surface area contributed by atoms with Crippen molar-refractivity contribution in [1.82, 2.24) is 15.0 Å². The Balaban J connectivity index is 2.27. The van der Waals surface area contributed by atoms with Gasteiger partial charge in [0.2, 0.25) is 0 Å². The fourth-order valence-corrected chi connectivity index (χ4v) is 2.12. The van der Waals surface area contributed by atoms with Gasteiger partial charge in [0.1, 0.15) is 5.03 Å². The maximum atomic E-state index is 10.6. The highest BCUT2D eigenvalue weighted by Gasteiger charge is 2.06. The third kappa shape index (κ3) is 2.88. The van der Waals surface area contributed by atoms with Crippen molar-refractivity contribution in [3.63, 3.8) is 0 Å². The molecule has 0 aliphatic carbocycles. The van der Waals surface area contributed by atoms with Crippen molar-refractivity contribution < 1.29 is 4.79 Å². The minimum atomic E-state index is 0.581. The van der Waals surface area contributed by atoms with Crippen LogP contribution < -0.4 is 0 Å². The third-order valence-electron chi connectivity index (χ3n) is 2.15. The van der Waals surface area contributed by atoms with Gasteiger partial charge in [0, 0.05) is 23.7 Å². The summed E-state index contributed by atoms with van der Waals surface area (Å²) in [6, 6.07) is 3.65. The Morgan fingerprint density at radius 2 is 2.12 bits per heavy atom. The lowest BCUT2D eigenvalue weighted by Crippen LogP contribution is -1.93. The normalized spacial score (nSPS) is 10.2. The average molecular weight is 245 g/mol. The number of hydrogen-bond acceptors (Lipinski definition) is 5. The Bertz CT molecular complexity index is 557. The molecular weight excluding hydrogens is 234 g/mol. The molecule has 0 aliphatic heterocycles. The summed E-state index contributed by atoms with van der Waals surface area (Å²) in [6.07, 6.45) is 4.07. The highest BCUT2D eigenvalue weighted by atomic mass is 32.2. The van der Waals surface area contributed by atoms with E-state index in [-0.39, 0.29) is 0 Å². The van der Waals surface area contributed by atoms with Crippen LogP contribution in [0.1, 0.15) is 21.6 Å². The number of rotatable bonds is 3. The van der Waals surface area contributed by atoms with Crippen LogP contribution in [0.25, 0.3) is 0 Å². The number of hydrogen-bond donors (Lipinski definition) is 0. The van der Waals surface area contributed by atoms with Gasteiger partial charge < -0.3 is 0 Å². The molecule has 0 bridgehead atoms. The van der Waals surface area contributed by atoms with E-state index in [0.717, 1.165) is 22.6 Å². The molecular formula is C12H11N3OS. The molecule has 0 aliphatic rings. The second kappa shape index (κ2) is 5.05. The first kappa shape index (κ1) is 11.7. The molecule has 0 saturated heterocycles. The molecule has 5 heteroatoms. The maximum Gasteiger partial charge on any atom is 0.194 e. The predicted molar refractivity (Wildman–Crippen MR) is 65.3 cm³/mol. The Morgan fingerprint density at radius 3 is 2.76 bits per heavy atom. The molecule has 0 aromatic carbocycles. The van der Waals surface area contributed by atoms with Crippen LogP contribution in [0.3, 0.4) is 0 Å². The summed E-state index contributed by atoms with van der Waals surface area (Å²) in [5.41, 5.74) is 2.45. The van der Waals surface area contributed by atoms with Crippen molar-refractivity contribution in [2.45, 2.75) is 24.0 Å². The van der Waals surface area contributed by atoms with Crippen LogP contribution in [-0.4, -0.2) is 21.2 Å². The van der Waals surface area contributed by atoms with Crippen LogP contribution in [-0.2, 0) is 0 Å². The Kier molecular flexibility index (Phi) is 3.49. The van der Waals surface area contributed by atoms with E-state index in [0.29, 0.717) is 10.7 Å². The van der Waals surface area contributed by atoms with E-state index in [1.54, 1.807) is 18.5 Å². The first-order chi connectivity index (χ1) is 8.19. The van der Waals surface area contributed by atoms with E-state index < -0.39 is 0 Å². The number of aryl methyl sites for hydroxylation is 2. The van der Waals surface area contributed by atoms with Crippen molar-refractivity contribution in [2.75, 3.05) is 0 Å². The molecule has 2 aromatic rings. The molecule has 2 aromatic heterocycles. The monoisotopic (exact) mass is 245 g/mol. The van der Waals surface area contributed by atoms with Gasteiger partial charge in [-0.05, 0) is 43.3 Å². The number of carbonyl (C=O) groups excluding carboxylic acids is 1. The zero-order valence-electron chi connectivity index (χ0n) is 9.54. The second-order valence-electron chi connectivity index (χ2n) is 3.59. The Labute approximate surface area is 104 Å². The third-order valence-corrected chi connectivity index (χ3v) is 3.15. The Morgan fingerprint density at radius 1 is 1.29 bits per heavy atom. The van der Waals surface area contributed by atoms with Crippen molar-refractivity contribution >= 4 is 18.0 Å². The van der Waals surface area contributed by atoms with Crippen LogP contribution in [0.2, 0.25) is 0 Å². The SMILES string of the molecule is Cc1ccnc(Sc2ncc(C=O)cc2C)n1. The van der Waals surface area contributed by atoms with E-state index in [2.05, 4.69) is 15.0 Å². The first-order valence-electron chi connectivity index (χ1n) is 5.08. The number of nitrogens with zero attached hydrogens (tertiary/aromatic N) is 3. The minimum Gasteiger partial charge on any atom is -0.298 e. The van der Waals surface area contributed by atoms with Crippen molar-refractivity contribution in [1.29, 1.82) is 0 Å². The molecule has 0 radical (unpaired) electrons. The zero-order chi connectivity index (χ0) is 12.3. The zero-order valence-corrected chi connectivity index (χ0v) is 10.4. The van der Waals surface area contributed by atoms with Crippen molar-refractivity contribution in [3.8, 4) is 0 Å². The van der Waals surface area contributed by atoms with Gasteiger partial charge in [-0.3, -0.25) is 4.79 Å². The quantitative estimate of drug-likeness (QED) is 0.614. The summed E-state index contributed by atoms with van der Waals surface area (Å²) in [4.78, 5) is 23.3. The molecule has 0 fully saturated rings. The van der Waals surface area contributed by atoms with Gasteiger partial charge in [-0.15, -0.1) is 0 Å². The van der Waals surface area contributed by atoms with Gasteiger partial charge in [-0.1, -0.05) is 0 Å². The summed E-state index contributed by atoms with van der Waals surface area (Å²) in [6.45, 7) is 3.83. The molecule has 2 heterocycles. The summed E-state index contributed by atoms with van der Waals surface area (Å²) in [5, 5.41) is 1.49. The van der Waals surface area contributed by atoms with Gasteiger partial charge in [-0.2, -0.15) is 0 Å². The highest BCUT2D eigenvalue weighted by Crippen LogP contribution is 2.25. The topological polar surface area (TPSA) is 55.7 Å². The van der Waals surface area contributed by atoms with E-state index in [9.17, 15) is 4.79 Å². The molecule has 17 heavy (non-hydrogen) atoms. The molecule has 0 spiro atoms. The number of aldehydes is 1. The van der Waals surface area contributed by atoms with E-state index in [4.69, 9.17) is 0 Å². The van der Waals surface area contributed by atoms with Gasteiger partial charge in [0.25, 0.3) is 0 Å². The largest absolute Gasteiger partial charge is 0.298 e. The average Bonchev–Trinajstić information content (AvgIpc) is 2.32. The van der Waals surface area contributed by atoms with Gasteiger partial charge >= 0.3 is 0 Å². The smallest absolute Gasteiger partial charge is 0.194 e. The van der Waals surface area contributed by atoms with Crippen LogP contribution in [0.4, 0.5) is 0 Å². The second-order valence-corrected chi connectivity index (χ2v) is 4.55. The van der Waals surface area contributed by atoms with Crippen LogP contribution in [0.15, 0.2) is 34.7 Å². The molecule has 0 N–H and O–H groups in total. The summed E-state index contributed by atoms with van der Waals surface area (Å²) in [5.74, 6) is 0. The van der Waals surface area contributed by atoms with Crippen LogP contribution >= 0.6 is 11.8 Å². The van der Waals surface area contributed by atoms with Gasteiger partial charge in [0.15, 0.2) is 11.4 Å². The Hall–Kier alpha value is -1.75. The maximum absolute atomic E-state index is 10.6. The summed E-state index contributed by atoms with van der Waals surface area (Å²) < 4.78 is 0. The number of aromatic nitrogens is 3. The lowest BCUT2D eigenvalue weighted by molar-refractivity contribution is 0.112. The van der Waals surface area contributed by atoms with Crippen molar-refractivity contribution in [3.05, 3.63) is 41.3 Å². The molecule has 4 nitrogen and oxygen atoms in total.